The van der Waals surface area contributed by atoms with Crippen LogP contribution in [-0.2, 0) is 13.0 Å². The van der Waals surface area contributed by atoms with E-state index in [1.165, 1.54) is 5.01 Å². The smallest absolute Gasteiger partial charge is 0.387 e. The fraction of sp³-hybridized carbons (Fsp3) is 0.474. The molecule has 27 heavy (non-hydrogen) atoms. The minimum Gasteiger partial charge on any atom is -0.435 e. The number of nitrogens with one attached hydrogen (secondary N) is 1. The Morgan fingerprint density at radius 2 is 2.04 bits per heavy atom. The van der Waals surface area contributed by atoms with Crippen molar-refractivity contribution >= 4 is 17.3 Å². The Hall–Kier alpha value is -2.22. The molecule has 148 valence electrons. The lowest BCUT2D eigenvalue weighted by Gasteiger charge is -2.22. The number of thiazole rings is 1. The number of aromatic nitrogens is 1. The van der Waals surface area contributed by atoms with Crippen LogP contribution in [0.5, 0.6) is 5.75 Å². The second-order valence-electron chi connectivity index (χ2n) is 6.19. The maximum Gasteiger partial charge on any atom is 0.387 e. The highest BCUT2D eigenvalue weighted by Crippen LogP contribution is 2.16. The molecule has 1 aromatic heterocycles. The first-order valence-electron chi connectivity index (χ1n) is 8.84. The van der Waals surface area contributed by atoms with E-state index in [1.54, 1.807) is 42.6 Å². The minimum atomic E-state index is -2.80. The molecular formula is C19H26F2N4OS. The van der Waals surface area contributed by atoms with Crippen LogP contribution in [0.3, 0.4) is 0 Å². The number of aryl methyl sites for hydroxylation is 2. The number of guanidine groups is 1. The summed E-state index contributed by atoms with van der Waals surface area (Å²) < 4.78 is 28.8. The fourth-order valence-corrected chi connectivity index (χ4v) is 3.45. The van der Waals surface area contributed by atoms with Crippen molar-refractivity contribution < 1.29 is 13.5 Å². The summed E-state index contributed by atoms with van der Waals surface area (Å²) in [5.41, 5.74) is 2.07. The molecule has 0 atom stereocenters. The van der Waals surface area contributed by atoms with Gasteiger partial charge in [0.25, 0.3) is 0 Å². The van der Waals surface area contributed by atoms with Crippen LogP contribution in [-0.4, -0.2) is 43.1 Å². The third-order valence-corrected chi connectivity index (χ3v) is 4.94. The molecule has 0 aliphatic carbocycles. The molecule has 0 fully saturated rings. The van der Waals surface area contributed by atoms with E-state index in [0.717, 1.165) is 43.0 Å². The summed E-state index contributed by atoms with van der Waals surface area (Å²) in [7, 11) is 3.69. The zero-order valence-electron chi connectivity index (χ0n) is 15.9. The maximum absolute atomic E-state index is 12.2. The Balaban J connectivity index is 1.72. The number of unbranched alkanes of at least 4 members (excludes halogenated alkanes) is 1. The third kappa shape index (κ3) is 7.50. The molecule has 2 aromatic rings. The second kappa shape index (κ2) is 10.8. The third-order valence-electron chi connectivity index (χ3n) is 3.91. The number of hydrogen-bond acceptors (Lipinski definition) is 4. The standard InChI is InChI=1S/C19H26F2N4OS/c1-14-13-27-17(24-14)6-4-5-11-23-19(22-2)25(3)12-15-7-9-16(10-8-15)26-18(20)21/h7-10,13,18H,4-6,11-12H2,1-3H3,(H,22,23). The van der Waals surface area contributed by atoms with Crippen molar-refractivity contribution in [3.8, 4) is 5.75 Å². The molecule has 8 heteroatoms. The molecule has 0 amide bonds. The number of rotatable bonds is 9. The van der Waals surface area contributed by atoms with Gasteiger partial charge in [0.05, 0.1) is 5.01 Å². The molecule has 0 unspecified atom stereocenters. The minimum absolute atomic E-state index is 0.161. The monoisotopic (exact) mass is 396 g/mol. The quantitative estimate of drug-likeness (QED) is 0.394. The van der Waals surface area contributed by atoms with Crippen molar-refractivity contribution in [3.05, 3.63) is 45.9 Å². The molecule has 2 rings (SSSR count). The van der Waals surface area contributed by atoms with Crippen LogP contribution >= 0.6 is 11.3 Å². The zero-order valence-corrected chi connectivity index (χ0v) is 16.7. The Bertz CT molecular complexity index is 719. The molecule has 0 saturated carbocycles. The highest BCUT2D eigenvalue weighted by Gasteiger charge is 2.08. The Kier molecular flexibility index (Phi) is 8.44. The second-order valence-corrected chi connectivity index (χ2v) is 7.13. The molecule has 0 radical (unpaired) electrons. The van der Waals surface area contributed by atoms with E-state index < -0.39 is 6.61 Å². The summed E-state index contributed by atoms with van der Waals surface area (Å²) in [6.45, 7) is 0.664. The van der Waals surface area contributed by atoms with Crippen molar-refractivity contribution in [2.45, 2.75) is 39.3 Å². The van der Waals surface area contributed by atoms with E-state index >= 15 is 0 Å². The van der Waals surface area contributed by atoms with E-state index in [-0.39, 0.29) is 5.75 Å². The fourth-order valence-electron chi connectivity index (χ4n) is 2.63. The van der Waals surface area contributed by atoms with Crippen molar-refractivity contribution in [1.82, 2.24) is 15.2 Å². The van der Waals surface area contributed by atoms with Gasteiger partial charge in [0.15, 0.2) is 5.96 Å². The first-order chi connectivity index (χ1) is 13.0. The number of aliphatic imine (C=N–C) groups is 1. The van der Waals surface area contributed by atoms with Crippen molar-refractivity contribution in [1.29, 1.82) is 0 Å². The predicted molar refractivity (Wildman–Crippen MR) is 106 cm³/mol. The van der Waals surface area contributed by atoms with Gasteiger partial charge in [0.1, 0.15) is 5.75 Å². The number of benzene rings is 1. The molecule has 0 aliphatic rings. The van der Waals surface area contributed by atoms with Gasteiger partial charge in [0, 0.05) is 38.3 Å². The summed E-state index contributed by atoms with van der Waals surface area (Å²) in [5.74, 6) is 0.960. The molecule has 0 aliphatic heterocycles. The molecule has 0 spiro atoms. The lowest BCUT2D eigenvalue weighted by Crippen LogP contribution is -2.38. The van der Waals surface area contributed by atoms with Crippen LogP contribution in [0.4, 0.5) is 8.78 Å². The van der Waals surface area contributed by atoms with Crippen molar-refractivity contribution in [2.75, 3.05) is 20.6 Å². The van der Waals surface area contributed by atoms with E-state index in [4.69, 9.17) is 0 Å². The van der Waals surface area contributed by atoms with Gasteiger partial charge in [-0.15, -0.1) is 11.3 Å². The summed E-state index contributed by atoms with van der Waals surface area (Å²) in [6, 6.07) is 6.65. The highest BCUT2D eigenvalue weighted by atomic mass is 32.1. The number of ether oxygens (including phenoxy) is 1. The van der Waals surface area contributed by atoms with Crippen LogP contribution < -0.4 is 10.1 Å². The molecule has 0 bridgehead atoms. The Labute approximate surface area is 163 Å². The molecule has 1 heterocycles. The van der Waals surface area contributed by atoms with Gasteiger partial charge < -0.3 is 15.0 Å². The molecule has 0 saturated heterocycles. The first kappa shape index (κ1) is 21.1. The zero-order chi connectivity index (χ0) is 19.6. The lowest BCUT2D eigenvalue weighted by atomic mass is 10.2. The van der Waals surface area contributed by atoms with Crippen LogP contribution in [0.15, 0.2) is 34.6 Å². The van der Waals surface area contributed by atoms with Crippen LogP contribution in [0.1, 0.15) is 29.1 Å². The van der Waals surface area contributed by atoms with Crippen LogP contribution in [0, 0.1) is 6.92 Å². The highest BCUT2D eigenvalue weighted by molar-refractivity contribution is 7.09. The summed E-state index contributed by atoms with van der Waals surface area (Å²) in [4.78, 5) is 10.8. The van der Waals surface area contributed by atoms with Crippen molar-refractivity contribution in [2.24, 2.45) is 4.99 Å². The molecule has 5 nitrogen and oxygen atoms in total. The SMILES string of the molecule is CN=C(NCCCCc1nc(C)cs1)N(C)Cc1ccc(OC(F)F)cc1. The summed E-state index contributed by atoms with van der Waals surface area (Å²) >= 11 is 1.71. The number of halogens is 2. The number of hydrogen-bond donors (Lipinski definition) is 1. The predicted octanol–water partition coefficient (Wildman–Crippen LogP) is 4.08. The first-order valence-corrected chi connectivity index (χ1v) is 9.72. The largest absolute Gasteiger partial charge is 0.435 e. The topological polar surface area (TPSA) is 49.8 Å². The number of nitrogens with zero attached hydrogens (tertiary/aromatic N) is 3. The number of alkyl halides is 2. The van der Waals surface area contributed by atoms with E-state index in [1.807, 2.05) is 18.9 Å². The van der Waals surface area contributed by atoms with Gasteiger partial charge in [-0.05, 0) is 43.9 Å². The van der Waals surface area contributed by atoms with Crippen LogP contribution in [0.25, 0.3) is 0 Å². The molecule has 1 N–H and O–H groups in total. The van der Waals surface area contributed by atoms with Gasteiger partial charge in [-0.1, -0.05) is 12.1 Å². The average molecular weight is 397 g/mol. The maximum atomic E-state index is 12.2. The van der Waals surface area contributed by atoms with E-state index in [0.29, 0.717) is 6.54 Å². The van der Waals surface area contributed by atoms with Gasteiger partial charge in [-0.2, -0.15) is 8.78 Å². The molecule has 1 aromatic carbocycles. The van der Waals surface area contributed by atoms with Gasteiger partial charge >= 0.3 is 6.61 Å². The van der Waals surface area contributed by atoms with Gasteiger partial charge in [-0.3, -0.25) is 4.99 Å². The van der Waals surface area contributed by atoms with E-state index in [9.17, 15) is 8.78 Å². The normalized spacial score (nSPS) is 11.7. The van der Waals surface area contributed by atoms with Gasteiger partial charge in [-0.25, -0.2) is 4.98 Å². The van der Waals surface area contributed by atoms with E-state index in [2.05, 4.69) is 25.4 Å². The lowest BCUT2D eigenvalue weighted by molar-refractivity contribution is -0.0498. The van der Waals surface area contributed by atoms with Crippen LogP contribution in [0.2, 0.25) is 0 Å². The molecular weight excluding hydrogens is 370 g/mol. The van der Waals surface area contributed by atoms with Crippen molar-refractivity contribution in [3.63, 3.8) is 0 Å². The summed E-state index contributed by atoms with van der Waals surface area (Å²) in [6.07, 6.45) is 3.11. The average Bonchev–Trinajstić information content (AvgIpc) is 3.04. The summed E-state index contributed by atoms with van der Waals surface area (Å²) in [5, 5.41) is 6.62. The Morgan fingerprint density at radius 1 is 1.30 bits per heavy atom. The van der Waals surface area contributed by atoms with Gasteiger partial charge in [0.2, 0.25) is 0 Å². The Morgan fingerprint density at radius 3 is 2.63 bits per heavy atom.